The first-order valence-electron chi connectivity index (χ1n) is 5.09. The summed E-state index contributed by atoms with van der Waals surface area (Å²) in [6.07, 6.45) is 5.01. The van der Waals surface area contributed by atoms with Gasteiger partial charge in [0.2, 0.25) is 0 Å². The highest BCUT2D eigenvalue weighted by atomic mass is 16.2. The maximum Gasteiger partial charge on any atom is 0.277 e. The van der Waals surface area contributed by atoms with Crippen LogP contribution in [0.4, 0.5) is 0 Å². The molecule has 2 heterocycles. The van der Waals surface area contributed by atoms with E-state index < -0.39 is 0 Å². The van der Waals surface area contributed by atoms with E-state index in [1.807, 2.05) is 11.0 Å². The standard InChI is InChI=1S/C10H14N4O/c1-3-8-5-4-6-14(8)10(15)9-7(2)11-13-12-9/h4-5,8H,3,6H2,1-2H3,(H,11,12,13). The van der Waals surface area contributed by atoms with E-state index in [2.05, 4.69) is 28.4 Å². The first-order chi connectivity index (χ1) is 7.24. The van der Waals surface area contributed by atoms with Gasteiger partial charge in [-0.25, -0.2) is 0 Å². The molecule has 0 aliphatic carbocycles. The van der Waals surface area contributed by atoms with Crippen molar-refractivity contribution < 1.29 is 4.79 Å². The fourth-order valence-electron chi connectivity index (χ4n) is 1.78. The summed E-state index contributed by atoms with van der Waals surface area (Å²) >= 11 is 0. The van der Waals surface area contributed by atoms with Gasteiger partial charge in [0.25, 0.3) is 5.91 Å². The van der Waals surface area contributed by atoms with Crippen molar-refractivity contribution in [3.63, 3.8) is 0 Å². The highest BCUT2D eigenvalue weighted by molar-refractivity contribution is 5.93. The van der Waals surface area contributed by atoms with E-state index >= 15 is 0 Å². The van der Waals surface area contributed by atoms with Crippen molar-refractivity contribution in [2.24, 2.45) is 0 Å². The molecule has 1 amide bonds. The molecule has 5 heteroatoms. The van der Waals surface area contributed by atoms with Gasteiger partial charge in [0.05, 0.1) is 11.7 Å². The topological polar surface area (TPSA) is 61.9 Å². The molecule has 1 aromatic heterocycles. The SMILES string of the molecule is CCC1C=CCN1C(=O)c1n[nH]nc1C. The van der Waals surface area contributed by atoms with Gasteiger partial charge in [0, 0.05) is 6.54 Å². The van der Waals surface area contributed by atoms with Gasteiger partial charge >= 0.3 is 0 Å². The maximum atomic E-state index is 12.1. The normalized spacial score (nSPS) is 19.9. The van der Waals surface area contributed by atoms with E-state index in [0.717, 1.165) is 6.42 Å². The van der Waals surface area contributed by atoms with E-state index in [0.29, 0.717) is 17.9 Å². The molecule has 0 spiro atoms. The Kier molecular flexibility index (Phi) is 2.53. The lowest BCUT2D eigenvalue weighted by Gasteiger charge is -2.22. The lowest BCUT2D eigenvalue weighted by atomic mass is 10.2. The average Bonchev–Trinajstić information content (AvgIpc) is 2.84. The number of H-pyrrole nitrogens is 1. The molecule has 80 valence electrons. The quantitative estimate of drug-likeness (QED) is 0.731. The molecule has 1 atom stereocenters. The summed E-state index contributed by atoms with van der Waals surface area (Å²) in [5.41, 5.74) is 1.08. The number of nitrogens with zero attached hydrogens (tertiary/aromatic N) is 3. The molecule has 0 saturated carbocycles. The third-order valence-corrected chi connectivity index (χ3v) is 2.66. The lowest BCUT2D eigenvalue weighted by molar-refractivity contribution is 0.0741. The molecule has 1 unspecified atom stereocenters. The Hall–Kier alpha value is -1.65. The summed E-state index contributed by atoms with van der Waals surface area (Å²) < 4.78 is 0. The molecule has 0 saturated heterocycles. The van der Waals surface area contributed by atoms with Crippen LogP contribution in [0.2, 0.25) is 0 Å². The Bertz CT molecular complexity index is 396. The van der Waals surface area contributed by atoms with Crippen LogP contribution in [0.5, 0.6) is 0 Å². The first kappa shape index (κ1) is 9.89. The molecule has 0 bridgehead atoms. The van der Waals surface area contributed by atoms with Gasteiger partial charge in [0.15, 0.2) is 5.69 Å². The van der Waals surface area contributed by atoms with Crippen LogP contribution in [0.15, 0.2) is 12.2 Å². The molecule has 0 aromatic carbocycles. The highest BCUT2D eigenvalue weighted by Gasteiger charge is 2.27. The van der Waals surface area contributed by atoms with Crippen LogP contribution in [0.25, 0.3) is 0 Å². The fourth-order valence-corrected chi connectivity index (χ4v) is 1.78. The number of hydrogen-bond acceptors (Lipinski definition) is 3. The summed E-state index contributed by atoms with van der Waals surface area (Å²) in [4.78, 5) is 13.9. The smallest absolute Gasteiger partial charge is 0.277 e. The van der Waals surface area contributed by atoms with Crippen LogP contribution in [-0.2, 0) is 0 Å². The Morgan fingerprint density at radius 1 is 1.67 bits per heavy atom. The van der Waals surface area contributed by atoms with Gasteiger partial charge in [-0.2, -0.15) is 15.4 Å². The van der Waals surface area contributed by atoms with Crippen LogP contribution < -0.4 is 0 Å². The Morgan fingerprint density at radius 3 is 3.07 bits per heavy atom. The molecular weight excluding hydrogens is 192 g/mol. The molecule has 2 rings (SSSR count). The summed E-state index contributed by atoms with van der Waals surface area (Å²) in [6.45, 7) is 4.51. The van der Waals surface area contributed by atoms with Crippen molar-refractivity contribution in [3.8, 4) is 0 Å². The third-order valence-electron chi connectivity index (χ3n) is 2.66. The number of aryl methyl sites for hydroxylation is 1. The van der Waals surface area contributed by atoms with Crippen LogP contribution in [0.1, 0.15) is 29.5 Å². The monoisotopic (exact) mass is 206 g/mol. The highest BCUT2D eigenvalue weighted by Crippen LogP contribution is 2.16. The first-order valence-corrected chi connectivity index (χ1v) is 5.09. The third kappa shape index (κ3) is 1.65. The Labute approximate surface area is 88.2 Å². The summed E-state index contributed by atoms with van der Waals surface area (Å²) in [7, 11) is 0. The maximum absolute atomic E-state index is 12.1. The van der Waals surface area contributed by atoms with Crippen molar-refractivity contribution in [1.29, 1.82) is 0 Å². The van der Waals surface area contributed by atoms with E-state index in [9.17, 15) is 4.79 Å². The zero-order valence-corrected chi connectivity index (χ0v) is 8.90. The van der Waals surface area contributed by atoms with Crippen molar-refractivity contribution in [2.75, 3.05) is 6.54 Å². The van der Waals surface area contributed by atoms with Crippen LogP contribution >= 0.6 is 0 Å². The Morgan fingerprint density at radius 2 is 2.47 bits per heavy atom. The zero-order valence-electron chi connectivity index (χ0n) is 8.90. The number of carbonyl (C=O) groups is 1. The van der Waals surface area contributed by atoms with Crippen molar-refractivity contribution >= 4 is 5.91 Å². The van der Waals surface area contributed by atoms with E-state index in [-0.39, 0.29) is 11.9 Å². The largest absolute Gasteiger partial charge is 0.327 e. The van der Waals surface area contributed by atoms with Gasteiger partial charge in [-0.3, -0.25) is 4.79 Å². The van der Waals surface area contributed by atoms with Gasteiger partial charge in [-0.05, 0) is 13.3 Å². The van der Waals surface area contributed by atoms with E-state index in [1.165, 1.54) is 0 Å². The van der Waals surface area contributed by atoms with Gasteiger partial charge in [0.1, 0.15) is 0 Å². The van der Waals surface area contributed by atoms with E-state index in [4.69, 9.17) is 0 Å². The van der Waals surface area contributed by atoms with Crippen molar-refractivity contribution in [2.45, 2.75) is 26.3 Å². The predicted molar refractivity (Wildman–Crippen MR) is 55.4 cm³/mol. The molecule has 0 radical (unpaired) electrons. The molecule has 15 heavy (non-hydrogen) atoms. The molecule has 1 N–H and O–H groups in total. The number of amides is 1. The second-order valence-electron chi connectivity index (χ2n) is 3.62. The molecule has 1 aliphatic heterocycles. The summed E-state index contributed by atoms with van der Waals surface area (Å²) in [6, 6.07) is 0.202. The van der Waals surface area contributed by atoms with Crippen LogP contribution in [-0.4, -0.2) is 38.8 Å². The minimum atomic E-state index is -0.0434. The van der Waals surface area contributed by atoms with Gasteiger partial charge in [-0.15, -0.1) is 0 Å². The van der Waals surface area contributed by atoms with Crippen molar-refractivity contribution in [1.82, 2.24) is 20.3 Å². The summed E-state index contributed by atoms with van der Waals surface area (Å²) in [5, 5.41) is 10.2. The minimum absolute atomic E-state index is 0.0434. The molecule has 0 fully saturated rings. The van der Waals surface area contributed by atoms with Gasteiger partial charge < -0.3 is 4.90 Å². The number of carbonyl (C=O) groups excluding carboxylic acids is 1. The number of hydrogen-bond donors (Lipinski definition) is 1. The minimum Gasteiger partial charge on any atom is -0.327 e. The zero-order chi connectivity index (χ0) is 10.8. The van der Waals surface area contributed by atoms with Crippen LogP contribution in [0.3, 0.4) is 0 Å². The molecule has 1 aliphatic rings. The molecule has 5 nitrogen and oxygen atoms in total. The number of aromatic amines is 1. The second kappa shape index (κ2) is 3.84. The average molecular weight is 206 g/mol. The van der Waals surface area contributed by atoms with Crippen LogP contribution in [0, 0.1) is 6.92 Å². The Balaban J connectivity index is 2.19. The predicted octanol–water partition coefficient (Wildman–Crippen LogP) is 0.904. The number of aromatic nitrogens is 3. The lowest BCUT2D eigenvalue weighted by Crippen LogP contribution is -2.36. The summed E-state index contributed by atoms with van der Waals surface area (Å²) in [5.74, 6) is -0.0434. The number of nitrogens with one attached hydrogen (secondary N) is 1. The van der Waals surface area contributed by atoms with Gasteiger partial charge in [-0.1, -0.05) is 19.1 Å². The molecular formula is C10H14N4O. The fraction of sp³-hybridized carbons (Fsp3) is 0.500. The van der Waals surface area contributed by atoms with E-state index in [1.54, 1.807) is 6.92 Å². The number of rotatable bonds is 2. The van der Waals surface area contributed by atoms with Crippen molar-refractivity contribution in [3.05, 3.63) is 23.5 Å². The second-order valence-corrected chi connectivity index (χ2v) is 3.62. The molecule has 1 aromatic rings.